The normalized spacial score (nSPS) is 21.4. The topological polar surface area (TPSA) is 86.9 Å². The predicted octanol–water partition coefficient (Wildman–Crippen LogP) is 0.819. The van der Waals surface area contributed by atoms with Crippen LogP contribution in [0.5, 0.6) is 0 Å². The second-order valence-electron chi connectivity index (χ2n) is 4.84. The summed E-state index contributed by atoms with van der Waals surface area (Å²) in [6, 6.07) is 1.75. The Balaban J connectivity index is 1.64. The van der Waals surface area contributed by atoms with Gasteiger partial charge in [0.2, 0.25) is 11.8 Å². The Labute approximate surface area is 106 Å². The Morgan fingerprint density at radius 3 is 2.83 bits per heavy atom. The average Bonchev–Trinajstić information content (AvgIpc) is 2.90. The van der Waals surface area contributed by atoms with Crippen LogP contribution < -0.4 is 10.6 Å². The van der Waals surface area contributed by atoms with E-state index in [-0.39, 0.29) is 24.2 Å². The van der Waals surface area contributed by atoms with E-state index in [1.807, 2.05) is 6.92 Å². The molecule has 18 heavy (non-hydrogen) atoms. The lowest BCUT2D eigenvalue weighted by Gasteiger charge is -2.04. The van der Waals surface area contributed by atoms with Crippen LogP contribution in [-0.2, 0) is 9.59 Å². The Hall–Kier alpha value is -1.85. The van der Waals surface area contributed by atoms with Gasteiger partial charge in [0.05, 0.1) is 0 Å². The molecule has 2 rings (SSSR count). The average molecular weight is 250 g/mol. The zero-order valence-electron chi connectivity index (χ0n) is 10.6. The van der Waals surface area contributed by atoms with E-state index in [1.165, 1.54) is 0 Å². The number of aromatic amines is 1. The molecule has 98 valence electrons. The molecule has 0 saturated heterocycles. The van der Waals surface area contributed by atoms with E-state index in [0.29, 0.717) is 18.3 Å². The van der Waals surface area contributed by atoms with Crippen molar-refractivity contribution in [3.8, 4) is 0 Å². The number of nitrogens with one attached hydrogen (secondary N) is 3. The van der Waals surface area contributed by atoms with Crippen LogP contribution in [0.25, 0.3) is 0 Å². The van der Waals surface area contributed by atoms with E-state index in [0.717, 1.165) is 12.1 Å². The van der Waals surface area contributed by atoms with Gasteiger partial charge in [0, 0.05) is 30.6 Å². The first-order valence-electron chi connectivity index (χ1n) is 6.16. The molecule has 1 heterocycles. The van der Waals surface area contributed by atoms with Gasteiger partial charge < -0.3 is 10.6 Å². The number of carbonyl (C=O) groups excluding carboxylic acids is 2. The summed E-state index contributed by atoms with van der Waals surface area (Å²) < 4.78 is 0. The van der Waals surface area contributed by atoms with Gasteiger partial charge >= 0.3 is 0 Å². The van der Waals surface area contributed by atoms with Crippen molar-refractivity contribution in [3.63, 3.8) is 0 Å². The molecule has 0 aromatic carbocycles. The number of hydrogen-bond acceptors (Lipinski definition) is 3. The van der Waals surface area contributed by atoms with Crippen molar-refractivity contribution in [2.45, 2.75) is 26.7 Å². The second kappa shape index (κ2) is 5.20. The monoisotopic (exact) mass is 250 g/mol. The Kier molecular flexibility index (Phi) is 3.64. The van der Waals surface area contributed by atoms with Crippen molar-refractivity contribution in [1.29, 1.82) is 0 Å². The van der Waals surface area contributed by atoms with Gasteiger partial charge in [0.25, 0.3) is 0 Å². The highest BCUT2D eigenvalue weighted by Crippen LogP contribution is 2.37. The minimum atomic E-state index is -0.148. The molecule has 2 atom stereocenters. The third-order valence-electron chi connectivity index (χ3n) is 3.07. The highest BCUT2D eigenvalue weighted by Gasteiger charge is 2.38. The molecular weight excluding hydrogens is 232 g/mol. The fraction of sp³-hybridized carbons (Fsp3) is 0.583. The van der Waals surface area contributed by atoms with Gasteiger partial charge in [-0.15, -0.1) is 0 Å². The first-order chi connectivity index (χ1) is 8.56. The van der Waals surface area contributed by atoms with E-state index >= 15 is 0 Å². The molecule has 0 spiro atoms. The standard InChI is InChI=1S/C12H18N4O2/c1-7-5-9(7)12(18)13-4-3-11(17)14-10-6-8(2)15-16-10/h6-7,9H,3-5H2,1-2H3,(H,13,18)(H2,14,15,16,17). The van der Waals surface area contributed by atoms with Crippen LogP contribution in [0.3, 0.4) is 0 Å². The van der Waals surface area contributed by atoms with Crippen LogP contribution in [-0.4, -0.2) is 28.6 Å². The van der Waals surface area contributed by atoms with Crippen LogP contribution in [0.1, 0.15) is 25.5 Å². The molecule has 1 aliphatic rings. The summed E-state index contributed by atoms with van der Waals surface area (Å²) in [4.78, 5) is 23.0. The maximum atomic E-state index is 11.5. The van der Waals surface area contributed by atoms with Gasteiger partial charge in [-0.05, 0) is 19.3 Å². The lowest BCUT2D eigenvalue weighted by Crippen LogP contribution is -2.29. The van der Waals surface area contributed by atoms with Gasteiger partial charge in [-0.25, -0.2) is 0 Å². The molecule has 1 fully saturated rings. The van der Waals surface area contributed by atoms with Crippen LogP contribution in [0, 0.1) is 18.8 Å². The lowest BCUT2D eigenvalue weighted by atomic mass is 10.3. The molecule has 6 heteroatoms. The summed E-state index contributed by atoms with van der Waals surface area (Å²) in [5, 5.41) is 12.1. The summed E-state index contributed by atoms with van der Waals surface area (Å²) >= 11 is 0. The van der Waals surface area contributed by atoms with E-state index in [4.69, 9.17) is 0 Å². The molecule has 1 aromatic rings. The molecule has 0 aliphatic heterocycles. The molecule has 6 nitrogen and oxygen atoms in total. The van der Waals surface area contributed by atoms with E-state index in [1.54, 1.807) is 6.07 Å². The van der Waals surface area contributed by atoms with Crippen LogP contribution in [0.15, 0.2) is 6.07 Å². The molecule has 1 aromatic heterocycles. The quantitative estimate of drug-likeness (QED) is 0.723. The zero-order valence-corrected chi connectivity index (χ0v) is 10.6. The number of hydrogen-bond donors (Lipinski definition) is 3. The fourth-order valence-electron chi connectivity index (χ4n) is 1.81. The Bertz CT molecular complexity index is 455. The number of carbonyl (C=O) groups is 2. The SMILES string of the molecule is Cc1cc(NC(=O)CCNC(=O)C2CC2C)n[nH]1. The fourth-order valence-corrected chi connectivity index (χ4v) is 1.81. The highest BCUT2D eigenvalue weighted by atomic mass is 16.2. The van der Waals surface area contributed by atoms with Gasteiger partial charge in [-0.1, -0.05) is 6.92 Å². The van der Waals surface area contributed by atoms with Crippen molar-refractivity contribution < 1.29 is 9.59 Å². The van der Waals surface area contributed by atoms with Crippen molar-refractivity contribution in [3.05, 3.63) is 11.8 Å². The Morgan fingerprint density at radius 1 is 1.56 bits per heavy atom. The van der Waals surface area contributed by atoms with E-state index in [2.05, 4.69) is 27.8 Å². The van der Waals surface area contributed by atoms with Gasteiger partial charge in [0.15, 0.2) is 5.82 Å². The number of nitrogens with zero attached hydrogens (tertiary/aromatic N) is 1. The summed E-state index contributed by atoms with van der Waals surface area (Å²) in [5.74, 6) is 1.07. The zero-order chi connectivity index (χ0) is 13.1. The maximum Gasteiger partial charge on any atom is 0.227 e. The molecule has 3 N–H and O–H groups in total. The highest BCUT2D eigenvalue weighted by molar-refractivity contribution is 5.90. The van der Waals surface area contributed by atoms with Crippen molar-refractivity contribution in [2.24, 2.45) is 11.8 Å². The maximum absolute atomic E-state index is 11.5. The number of rotatable bonds is 5. The number of aromatic nitrogens is 2. The lowest BCUT2D eigenvalue weighted by molar-refractivity contribution is -0.122. The predicted molar refractivity (Wildman–Crippen MR) is 66.9 cm³/mol. The minimum Gasteiger partial charge on any atom is -0.355 e. The van der Waals surface area contributed by atoms with E-state index in [9.17, 15) is 9.59 Å². The molecule has 1 saturated carbocycles. The number of amides is 2. The van der Waals surface area contributed by atoms with Crippen molar-refractivity contribution in [1.82, 2.24) is 15.5 Å². The number of H-pyrrole nitrogens is 1. The van der Waals surface area contributed by atoms with Gasteiger partial charge in [0.1, 0.15) is 0 Å². The number of aryl methyl sites for hydroxylation is 1. The Morgan fingerprint density at radius 2 is 2.28 bits per heavy atom. The van der Waals surface area contributed by atoms with Gasteiger partial charge in [-0.2, -0.15) is 5.10 Å². The third kappa shape index (κ3) is 3.32. The molecule has 2 unspecified atom stereocenters. The summed E-state index contributed by atoms with van der Waals surface area (Å²) in [6.45, 7) is 4.29. The summed E-state index contributed by atoms with van der Waals surface area (Å²) in [5.41, 5.74) is 0.890. The molecule has 1 aliphatic carbocycles. The molecule has 0 bridgehead atoms. The first-order valence-corrected chi connectivity index (χ1v) is 6.16. The van der Waals surface area contributed by atoms with Crippen LogP contribution in [0.2, 0.25) is 0 Å². The first kappa shape index (κ1) is 12.6. The van der Waals surface area contributed by atoms with Gasteiger partial charge in [-0.3, -0.25) is 14.7 Å². The number of anilines is 1. The minimum absolute atomic E-state index is 0.0610. The summed E-state index contributed by atoms with van der Waals surface area (Å²) in [6.07, 6.45) is 1.23. The third-order valence-corrected chi connectivity index (χ3v) is 3.07. The van der Waals surface area contributed by atoms with E-state index < -0.39 is 0 Å². The molecular formula is C12H18N4O2. The largest absolute Gasteiger partial charge is 0.355 e. The van der Waals surface area contributed by atoms with Crippen LogP contribution >= 0.6 is 0 Å². The van der Waals surface area contributed by atoms with Crippen molar-refractivity contribution in [2.75, 3.05) is 11.9 Å². The summed E-state index contributed by atoms with van der Waals surface area (Å²) in [7, 11) is 0. The smallest absolute Gasteiger partial charge is 0.227 e. The molecule has 0 radical (unpaired) electrons. The van der Waals surface area contributed by atoms with Crippen LogP contribution in [0.4, 0.5) is 5.82 Å². The second-order valence-corrected chi connectivity index (χ2v) is 4.84. The van der Waals surface area contributed by atoms with Crippen molar-refractivity contribution >= 4 is 17.6 Å². The molecule has 2 amide bonds.